The van der Waals surface area contributed by atoms with E-state index in [2.05, 4.69) is 61.7 Å². The molecule has 1 aliphatic heterocycles. The van der Waals surface area contributed by atoms with Crippen LogP contribution in [0.2, 0.25) is 0 Å². The van der Waals surface area contributed by atoms with Crippen LogP contribution in [-0.4, -0.2) is 18.7 Å². The van der Waals surface area contributed by atoms with Crippen LogP contribution in [0.4, 0.5) is 22.7 Å². The SMILES string of the molecule is [2H]C([2H])([2H])n1c2ccccc2c2cc3c4ccccc4n(C([2H])([2H])[2H])c3c(N3[CH-]N(c4[c-]c(Oc5[c-]c6c(cc5)c5cc(C#N)ccc5n6-c5cc(C(C)(C)C)c(-c6ccccc6)cn5)ccc4)c4ccccc43)c21.[Pt]. The molecule has 0 unspecified atom stereocenters. The van der Waals surface area contributed by atoms with Gasteiger partial charge in [0.25, 0.3) is 0 Å². The van der Waals surface area contributed by atoms with Gasteiger partial charge in [0.1, 0.15) is 5.82 Å². The molecule has 12 aromatic rings. The van der Waals surface area contributed by atoms with E-state index in [1.54, 1.807) is 12.1 Å². The van der Waals surface area contributed by atoms with Crippen molar-refractivity contribution in [2.24, 2.45) is 14.0 Å². The minimum Gasteiger partial charge on any atom is -0.509 e. The average molecular weight is 1090 g/mol. The Balaban J connectivity index is 0.00000582. The summed E-state index contributed by atoms with van der Waals surface area (Å²) < 4.78 is 65.3. The zero-order valence-electron chi connectivity index (χ0n) is 44.1. The van der Waals surface area contributed by atoms with Crippen molar-refractivity contribution in [3.63, 3.8) is 0 Å². The van der Waals surface area contributed by atoms with Crippen molar-refractivity contribution in [2.75, 3.05) is 9.80 Å². The molecule has 70 heavy (non-hydrogen) atoms. The third-order valence-corrected chi connectivity index (χ3v) is 13.5. The third kappa shape index (κ3) is 6.56. The van der Waals surface area contributed by atoms with Crippen LogP contribution in [0.15, 0.2) is 170 Å². The number of nitrogens with zero attached hydrogens (tertiary/aromatic N) is 7. The van der Waals surface area contributed by atoms with Crippen LogP contribution < -0.4 is 14.5 Å². The van der Waals surface area contributed by atoms with Crippen LogP contribution in [0.25, 0.3) is 82.4 Å². The number of hydrogen-bond acceptors (Lipinski definition) is 5. The summed E-state index contributed by atoms with van der Waals surface area (Å²) in [5.41, 5.74) is 9.35. The Bertz CT molecular complexity index is 4260. The van der Waals surface area contributed by atoms with Gasteiger partial charge in [-0.05, 0) is 76.5 Å². The number of fused-ring (bicyclic) bond motifs is 10. The molecule has 5 heterocycles. The van der Waals surface area contributed by atoms with Gasteiger partial charge in [0, 0.05) is 116 Å². The van der Waals surface area contributed by atoms with Crippen LogP contribution in [-0.2, 0) is 40.4 Å². The molecule has 0 fully saturated rings. The van der Waals surface area contributed by atoms with Crippen LogP contribution in [0.3, 0.4) is 0 Å². The van der Waals surface area contributed by atoms with E-state index < -0.39 is 14.0 Å². The maximum absolute atomic E-state index is 9.96. The van der Waals surface area contributed by atoms with E-state index >= 15 is 0 Å². The van der Waals surface area contributed by atoms with Crippen molar-refractivity contribution in [1.82, 2.24) is 18.7 Å². The fourth-order valence-electron chi connectivity index (χ4n) is 10.3. The van der Waals surface area contributed by atoms with E-state index in [0.717, 1.165) is 55.0 Å². The van der Waals surface area contributed by atoms with Crippen molar-refractivity contribution in [3.05, 3.63) is 200 Å². The van der Waals surface area contributed by atoms with Crippen LogP contribution >= 0.6 is 0 Å². The number of aryl methyl sites for hydroxylation is 2. The Morgan fingerprint density at radius 3 is 1.96 bits per heavy atom. The Kier molecular flexibility index (Phi) is 8.56. The first-order valence-electron chi connectivity index (χ1n) is 25.8. The quantitative estimate of drug-likeness (QED) is 0.155. The number of para-hydroxylation sites is 4. The molecule has 342 valence electrons. The molecule has 0 atom stereocenters. The van der Waals surface area contributed by atoms with Gasteiger partial charge in [-0.2, -0.15) is 17.4 Å². The standard InChI is InChI=1S/C61H44N7O.Pt/c1-61(2,3)50-34-57(63-36-49(50)39-16-7-6-8-17-39)68-53-29-26-38(35-62)30-46(53)45-28-27-42(32-56(45)68)69-41-19-15-18-40(31-41)66-37-67(55-25-14-13-24-54(55)66)60-58-47(43-20-9-11-22-51(43)64(58)4)33-48-44-21-10-12-23-52(44)65(5)59(48)60;/h6-30,33-34,36-37H,1-5H3;/q-3;/i4D3,5D3;. The van der Waals surface area contributed by atoms with Crippen molar-refractivity contribution in [1.29, 1.82) is 5.26 Å². The molecule has 8 nitrogen and oxygen atoms in total. The number of pyridine rings is 1. The molecule has 8 aromatic carbocycles. The number of benzene rings is 8. The van der Waals surface area contributed by atoms with E-state index in [1.165, 1.54) is 9.13 Å². The molecule has 0 aliphatic carbocycles. The van der Waals surface area contributed by atoms with Crippen molar-refractivity contribution in [3.8, 4) is 34.5 Å². The largest absolute Gasteiger partial charge is 0.509 e. The van der Waals surface area contributed by atoms with Crippen LogP contribution in [0.5, 0.6) is 11.5 Å². The monoisotopic (exact) mass is 1090 g/mol. The average Bonchev–Trinajstić information content (AvgIpc) is 4.26. The van der Waals surface area contributed by atoms with Gasteiger partial charge in [-0.25, -0.2) is 4.98 Å². The summed E-state index contributed by atoms with van der Waals surface area (Å²) in [5.74, 6) is 1.52. The smallest absolute Gasteiger partial charge is 0.135 e. The van der Waals surface area contributed by atoms with Crippen molar-refractivity contribution < 1.29 is 34.0 Å². The summed E-state index contributed by atoms with van der Waals surface area (Å²) in [6.07, 6.45) is 1.94. The molecular formula is C61H44N7OPt-3. The van der Waals surface area contributed by atoms with Gasteiger partial charge >= 0.3 is 0 Å². The fourth-order valence-corrected chi connectivity index (χ4v) is 10.3. The predicted molar refractivity (Wildman–Crippen MR) is 281 cm³/mol. The van der Waals surface area contributed by atoms with E-state index in [-0.39, 0.29) is 26.5 Å². The van der Waals surface area contributed by atoms with E-state index in [0.29, 0.717) is 72.8 Å². The number of nitriles is 1. The molecule has 0 bridgehead atoms. The van der Waals surface area contributed by atoms with E-state index in [9.17, 15) is 5.26 Å². The molecule has 9 heteroatoms. The zero-order valence-corrected chi connectivity index (χ0v) is 40.4. The second-order valence-corrected chi connectivity index (χ2v) is 18.5. The molecule has 0 amide bonds. The number of hydrogen-bond donors (Lipinski definition) is 0. The Hall–Kier alpha value is -8.11. The molecule has 0 radical (unpaired) electrons. The number of anilines is 4. The molecule has 1 aliphatic rings. The summed E-state index contributed by atoms with van der Waals surface area (Å²) in [4.78, 5) is 8.94. The van der Waals surface area contributed by atoms with Crippen LogP contribution in [0.1, 0.15) is 40.1 Å². The normalized spacial score (nSPS) is 14.3. The molecule has 0 saturated heterocycles. The number of aromatic nitrogens is 4. The van der Waals surface area contributed by atoms with E-state index in [1.807, 2.05) is 156 Å². The number of ether oxygens (including phenoxy) is 1. The summed E-state index contributed by atoms with van der Waals surface area (Å²) in [7, 11) is 0. The minimum atomic E-state index is -2.65. The van der Waals surface area contributed by atoms with Gasteiger partial charge in [0.15, 0.2) is 0 Å². The zero-order chi connectivity index (χ0) is 51.7. The summed E-state index contributed by atoms with van der Waals surface area (Å²) >= 11 is 0. The van der Waals surface area contributed by atoms with Crippen molar-refractivity contribution in [2.45, 2.75) is 26.2 Å². The number of rotatable bonds is 6. The summed E-state index contributed by atoms with van der Waals surface area (Å²) in [6.45, 7) is 3.16. The topological polar surface area (TPSA) is 67.2 Å². The molecule has 0 N–H and O–H groups in total. The second-order valence-electron chi connectivity index (χ2n) is 18.5. The Labute approximate surface area is 428 Å². The first-order valence-corrected chi connectivity index (χ1v) is 22.8. The van der Waals surface area contributed by atoms with Gasteiger partial charge in [0.2, 0.25) is 0 Å². The Morgan fingerprint density at radius 2 is 1.27 bits per heavy atom. The molecule has 13 rings (SSSR count). The second kappa shape index (κ2) is 16.3. The van der Waals surface area contributed by atoms with Crippen molar-refractivity contribution >= 4 is 88.2 Å². The minimum absolute atomic E-state index is 0. The molecule has 0 spiro atoms. The first kappa shape index (κ1) is 36.9. The Morgan fingerprint density at radius 1 is 0.614 bits per heavy atom. The molecule has 0 saturated carbocycles. The summed E-state index contributed by atoms with van der Waals surface area (Å²) in [5, 5.41) is 14.5. The van der Waals surface area contributed by atoms with Gasteiger partial charge in [0.05, 0.1) is 28.4 Å². The predicted octanol–water partition coefficient (Wildman–Crippen LogP) is 15.1. The van der Waals surface area contributed by atoms with Gasteiger partial charge in [-0.3, -0.25) is 0 Å². The van der Waals surface area contributed by atoms with Crippen LogP contribution in [0, 0.1) is 30.1 Å². The maximum atomic E-state index is 9.96. The molecular weight excluding hydrogens is 1040 g/mol. The van der Waals surface area contributed by atoms with Gasteiger partial charge < -0.3 is 28.2 Å². The van der Waals surface area contributed by atoms with E-state index in [4.69, 9.17) is 17.9 Å². The third-order valence-electron chi connectivity index (χ3n) is 13.5. The summed E-state index contributed by atoms with van der Waals surface area (Å²) in [6, 6.07) is 61.4. The first-order chi connectivity index (χ1) is 36.1. The fraction of sp³-hybridized carbons (Fsp3) is 0.0984. The van der Waals surface area contributed by atoms with Gasteiger partial charge in [-0.1, -0.05) is 105 Å². The maximum Gasteiger partial charge on any atom is 0.135 e. The van der Waals surface area contributed by atoms with Gasteiger partial charge in [-0.15, -0.1) is 48.1 Å². The molecule has 4 aromatic heterocycles.